The second-order valence-electron chi connectivity index (χ2n) is 4.27. The highest BCUT2D eigenvalue weighted by molar-refractivity contribution is 5.92. The lowest BCUT2D eigenvalue weighted by atomic mass is 10.1. The number of carbonyl (C=O) groups is 1. The van der Waals surface area contributed by atoms with Gasteiger partial charge in [0.1, 0.15) is 0 Å². The van der Waals surface area contributed by atoms with Crippen molar-refractivity contribution in [2.45, 2.75) is 6.42 Å². The highest BCUT2D eigenvalue weighted by Gasteiger charge is 2.09. The number of hydrogen-bond acceptors (Lipinski definition) is 4. The summed E-state index contributed by atoms with van der Waals surface area (Å²) in [6.45, 7) is 0.461. The molecular formula is C14H14N4O3. The Labute approximate surface area is 120 Å². The number of nitro benzene ring substituents is 1. The highest BCUT2D eigenvalue weighted by atomic mass is 16.6. The third kappa shape index (κ3) is 4.27. The van der Waals surface area contributed by atoms with Gasteiger partial charge in [0.2, 0.25) is 5.91 Å². The number of amides is 1. The van der Waals surface area contributed by atoms with Crippen molar-refractivity contribution in [3.63, 3.8) is 0 Å². The van der Waals surface area contributed by atoms with E-state index in [0.717, 1.165) is 5.69 Å². The number of nitrogens with zero attached hydrogens (tertiary/aromatic N) is 2. The summed E-state index contributed by atoms with van der Waals surface area (Å²) in [5.41, 5.74) is 1.29. The van der Waals surface area contributed by atoms with E-state index in [1.54, 1.807) is 30.7 Å². The van der Waals surface area contributed by atoms with Gasteiger partial charge < -0.3 is 10.3 Å². The summed E-state index contributed by atoms with van der Waals surface area (Å²) in [6, 6.07) is 6.26. The van der Waals surface area contributed by atoms with Crippen LogP contribution in [0.3, 0.4) is 0 Å². The van der Waals surface area contributed by atoms with Gasteiger partial charge in [-0.3, -0.25) is 14.9 Å². The minimum absolute atomic E-state index is 0.0287. The number of benzene rings is 1. The predicted molar refractivity (Wildman–Crippen MR) is 77.4 cm³/mol. The zero-order valence-corrected chi connectivity index (χ0v) is 11.2. The first-order valence-electron chi connectivity index (χ1n) is 6.33. The molecule has 0 unspecified atom stereocenters. The van der Waals surface area contributed by atoms with E-state index in [1.165, 1.54) is 18.2 Å². The van der Waals surface area contributed by atoms with Crippen LogP contribution in [0.1, 0.15) is 11.3 Å². The van der Waals surface area contributed by atoms with E-state index < -0.39 is 4.92 Å². The molecule has 108 valence electrons. The standard InChI is InChI=1S/C14H14N4O3/c19-14(16-8-7-12-9-15-10-17-12)6-5-11-3-1-2-4-13(11)18(20)21/h1-6,9-10H,7-8H2,(H,15,17)(H,16,19). The molecule has 1 aromatic heterocycles. The van der Waals surface area contributed by atoms with Gasteiger partial charge in [-0.05, 0) is 12.1 Å². The Morgan fingerprint density at radius 1 is 1.43 bits per heavy atom. The normalized spacial score (nSPS) is 10.7. The summed E-state index contributed by atoms with van der Waals surface area (Å²) in [6.07, 6.45) is 6.63. The third-order valence-electron chi connectivity index (χ3n) is 2.80. The van der Waals surface area contributed by atoms with Gasteiger partial charge in [-0.15, -0.1) is 0 Å². The highest BCUT2D eigenvalue weighted by Crippen LogP contribution is 2.18. The summed E-state index contributed by atoms with van der Waals surface area (Å²) in [5.74, 6) is -0.298. The van der Waals surface area contributed by atoms with Crippen molar-refractivity contribution in [2.24, 2.45) is 0 Å². The summed E-state index contributed by atoms with van der Waals surface area (Å²) < 4.78 is 0. The van der Waals surface area contributed by atoms with Crippen LogP contribution in [0.5, 0.6) is 0 Å². The van der Waals surface area contributed by atoms with Gasteiger partial charge in [-0.25, -0.2) is 4.98 Å². The molecule has 2 rings (SSSR count). The van der Waals surface area contributed by atoms with Gasteiger partial charge >= 0.3 is 0 Å². The number of aromatic nitrogens is 2. The van der Waals surface area contributed by atoms with Crippen LogP contribution < -0.4 is 5.32 Å². The van der Waals surface area contributed by atoms with Gasteiger partial charge in [0.15, 0.2) is 0 Å². The molecule has 0 aliphatic carbocycles. The van der Waals surface area contributed by atoms with Crippen molar-refractivity contribution >= 4 is 17.7 Å². The smallest absolute Gasteiger partial charge is 0.276 e. The first kappa shape index (κ1) is 14.4. The fraction of sp³-hybridized carbons (Fsp3) is 0.143. The van der Waals surface area contributed by atoms with Crippen LogP contribution in [-0.4, -0.2) is 27.3 Å². The Balaban J connectivity index is 1.89. The molecule has 0 atom stereocenters. The number of rotatable bonds is 6. The van der Waals surface area contributed by atoms with Crippen LogP contribution in [-0.2, 0) is 11.2 Å². The average molecular weight is 286 g/mol. The monoisotopic (exact) mass is 286 g/mol. The number of carbonyl (C=O) groups excluding carboxylic acids is 1. The minimum atomic E-state index is -0.476. The van der Waals surface area contributed by atoms with E-state index in [0.29, 0.717) is 18.5 Å². The van der Waals surface area contributed by atoms with E-state index in [4.69, 9.17) is 0 Å². The third-order valence-corrected chi connectivity index (χ3v) is 2.80. The summed E-state index contributed by atoms with van der Waals surface area (Å²) >= 11 is 0. The molecule has 2 aromatic rings. The van der Waals surface area contributed by atoms with Crippen LogP contribution in [0.25, 0.3) is 6.08 Å². The zero-order chi connectivity index (χ0) is 15.1. The molecule has 0 aliphatic heterocycles. The Morgan fingerprint density at radius 2 is 2.24 bits per heavy atom. The molecule has 21 heavy (non-hydrogen) atoms. The summed E-state index contributed by atoms with van der Waals surface area (Å²) in [7, 11) is 0. The molecule has 0 bridgehead atoms. The van der Waals surface area contributed by atoms with Crippen molar-refractivity contribution < 1.29 is 9.72 Å². The number of imidazole rings is 1. The maximum Gasteiger partial charge on any atom is 0.276 e. The lowest BCUT2D eigenvalue weighted by molar-refractivity contribution is -0.385. The van der Waals surface area contributed by atoms with E-state index in [-0.39, 0.29) is 11.6 Å². The van der Waals surface area contributed by atoms with E-state index in [2.05, 4.69) is 15.3 Å². The molecule has 0 spiro atoms. The largest absolute Gasteiger partial charge is 0.352 e. The van der Waals surface area contributed by atoms with Crippen molar-refractivity contribution in [3.8, 4) is 0 Å². The van der Waals surface area contributed by atoms with Crippen molar-refractivity contribution in [1.82, 2.24) is 15.3 Å². The fourth-order valence-corrected chi connectivity index (χ4v) is 1.76. The number of aromatic amines is 1. The van der Waals surface area contributed by atoms with Crippen LogP contribution in [0.15, 0.2) is 42.9 Å². The minimum Gasteiger partial charge on any atom is -0.352 e. The van der Waals surface area contributed by atoms with Crippen molar-refractivity contribution in [2.75, 3.05) is 6.54 Å². The Morgan fingerprint density at radius 3 is 2.95 bits per heavy atom. The molecule has 7 nitrogen and oxygen atoms in total. The molecule has 1 aromatic carbocycles. The molecule has 2 N–H and O–H groups in total. The van der Waals surface area contributed by atoms with Crippen molar-refractivity contribution in [3.05, 3.63) is 64.2 Å². The fourth-order valence-electron chi connectivity index (χ4n) is 1.76. The topological polar surface area (TPSA) is 101 Å². The molecule has 0 saturated heterocycles. The first-order valence-corrected chi connectivity index (χ1v) is 6.33. The predicted octanol–water partition coefficient (Wildman–Crippen LogP) is 1.69. The molecule has 0 fully saturated rings. The van der Waals surface area contributed by atoms with Gasteiger partial charge in [-0.2, -0.15) is 0 Å². The van der Waals surface area contributed by atoms with E-state index >= 15 is 0 Å². The molecule has 0 saturated carbocycles. The molecule has 7 heteroatoms. The van der Waals surface area contributed by atoms with Gasteiger partial charge in [-0.1, -0.05) is 12.1 Å². The SMILES string of the molecule is O=C(C=Cc1ccccc1[N+](=O)[O-])NCCc1cnc[nH]1. The van der Waals surface area contributed by atoms with Crippen LogP contribution in [0.2, 0.25) is 0 Å². The Hall–Kier alpha value is -2.96. The number of H-pyrrole nitrogens is 1. The van der Waals surface area contributed by atoms with Crippen LogP contribution in [0.4, 0.5) is 5.69 Å². The number of para-hydroxylation sites is 1. The van der Waals surface area contributed by atoms with E-state index in [1.807, 2.05) is 0 Å². The second kappa shape index (κ2) is 6.99. The number of nitrogens with one attached hydrogen (secondary N) is 2. The van der Waals surface area contributed by atoms with Crippen LogP contribution in [0, 0.1) is 10.1 Å². The molecular weight excluding hydrogens is 272 g/mol. The zero-order valence-electron chi connectivity index (χ0n) is 11.2. The lowest BCUT2D eigenvalue weighted by Gasteiger charge is -2.00. The maximum atomic E-state index is 11.6. The average Bonchev–Trinajstić information content (AvgIpc) is 2.98. The maximum absolute atomic E-state index is 11.6. The lowest BCUT2D eigenvalue weighted by Crippen LogP contribution is -2.23. The molecule has 1 amide bonds. The molecule has 0 radical (unpaired) electrons. The Kier molecular flexibility index (Phi) is 4.81. The van der Waals surface area contributed by atoms with Gasteiger partial charge in [0.05, 0.1) is 16.8 Å². The van der Waals surface area contributed by atoms with Crippen LogP contribution >= 0.6 is 0 Å². The van der Waals surface area contributed by atoms with Crippen molar-refractivity contribution in [1.29, 1.82) is 0 Å². The summed E-state index contributed by atoms with van der Waals surface area (Å²) in [4.78, 5) is 28.8. The number of nitro groups is 1. The molecule has 0 aliphatic rings. The first-order chi connectivity index (χ1) is 10.2. The molecule has 1 heterocycles. The quantitative estimate of drug-likeness (QED) is 0.479. The van der Waals surface area contributed by atoms with E-state index in [9.17, 15) is 14.9 Å². The van der Waals surface area contributed by atoms with Gasteiger partial charge in [0, 0.05) is 37.0 Å². The summed E-state index contributed by atoms with van der Waals surface area (Å²) in [5, 5.41) is 13.5. The van der Waals surface area contributed by atoms with Gasteiger partial charge in [0.25, 0.3) is 5.69 Å². The second-order valence-corrected chi connectivity index (χ2v) is 4.27. The Bertz CT molecular complexity index is 650. The number of hydrogen-bond donors (Lipinski definition) is 2.